The van der Waals surface area contributed by atoms with Gasteiger partial charge in [0.1, 0.15) is 5.82 Å². The maximum absolute atomic E-state index is 13.2. The van der Waals surface area contributed by atoms with E-state index in [1.165, 1.54) is 23.8 Å². The molecule has 3 rings (SSSR count). The van der Waals surface area contributed by atoms with Gasteiger partial charge in [-0.05, 0) is 31.5 Å². The van der Waals surface area contributed by atoms with Crippen molar-refractivity contribution in [2.45, 2.75) is 26.6 Å². The predicted molar refractivity (Wildman–Crippen MR) is 100 cm³/mol. The number of nitrogens with one attached hydrogen (secondary N) is 2. The molecule has 2 N–H and O–H groups in total. The summed E-state index contributed by atoms with van der Waals surface area (Å²) in [5.41, 5.74) is 2.05. The highest BCUT2D eigenvalue weighted by Gasteiger charge is 2.33. The van der Waals surface area contributed by atoms with Gasteiger partial charge >= 0.3 is 6.18 Å². The third-order valence-corrected chi connectivity index (χ3v) is 3.93. The molecule has 0 spiro atoms. The van der Waals surface area contributed by atoms with Gasteiger partial charge in [0.25, 0.3) is 0 Å². The second-order valence-electron chi connectivity index (χ2n) is 6.23. The van der Waals surface area contributed by atoms with E-state index >= 15 is 0 Å². The molecule has 0 fully saturated rings. The number of nitrogens with zero attached hydrogens (tertiary/aromatic N) is 2. The molecule has 1 heterocycles. The molecule has 0 atom stereocenters. The number of aromatic nitrogens is 2. The Bertz CT molecular complexity index is 921. The van der Waals surface area contributed by atoms with E-state index in [0.717, 1.165) is 11.6 Å². The summed E-state index contributed by atoms with van der Waals surface area (Å²) < 4.78 is 39.5. The summed E-state index contributed by atoms with van der Waals surface area (Å²) in [4.78, 5) is 8.47. The van der Waals surface area contributed by atoms with Gasteiger partial charge in [0.05, 0.1) is 11.3 Å². The number of halogens is 3. The minimum absolute atomic E-state index is 0.0833. The van der Waals surface area contributed by atoms with Gasteiger partial charge in [-0.1, -0.05) is 42.0 Å². The molecule has 4 nitrogen and oxygen atoms in total. The number of para-hydroxylation sites is 1. The molecule has 2 aromatic carbocycles. The van der Waals surface area contributed by atoms with Gasteiger partial charge in [0.15, 0.2) is 0 Å². The summed E-state index contributed by atoms with van der Waals surface area (Å²) in [7, 11) is 0. The fourth-order valence-corrected chi connectivity index (χ4v) is 2.57. The Hall–Kier alpha value is -3.09. The molecular weight excluding hydrogens is 353 g/mol. The van der Waals surface area contributed by atoms with Gasteiger partial charge in [-0.15, -0.1) is 0 Å². The van der Waals surface area contributed by atoms with Gasteiger partial charge < -0.3 is 10.6 Å². The number of benzene rings is 2. The van der Waals surface area contributed by atoms with Crippen LogP contribution in [-0.4, -0.2) is 9.97 Å². The van der Waals surface area contributed by atoms with Crippen LogP contribution in [0, 0.1) is 13.8 Å². The molecule has 0 aliphatic carbocycles. The molecule has 0 amide bonds. The Kier molecular flexibility index (Phi) is 5.30. The SMILES string of the molecule is Cc1ccc(CNc2cc(C)nc(Nc3ccccc3C(F)(F)F)n2)cc1. The van der Waals surface area contributed by atoms with Gasteiger partial charge in [-0.3, -0.25) is 0 Å². The van der Waals surface area contributed by atoms with Crippen molar-refractivity contribution in [3.8, 4) is 0 Å². The lowest BCUT2D eigenvalue weighted by molar-refractivity contribution is -0.136. The Morgan fingerprint density at radius 3 is 2.33 bits per heavy atom. The lowest BCUT2D eigenvalue weighted by atomic mass is 10.1. The third-order valence-electron chi connectivity index (χ3n) is 3.93. The topological polar surface area (TPSA) is 49.8 Å². The van der Waals surface area contributed by atoms with Crippen LogP contribution < -0.4 is 10.6 Å². The summed E-state index contributed by atoms with van der Waals surface area (Å²) in [6, 6.07) is 15.1. The van der Waals surface area contributed by atoms with Gasteiger partial charge in [-0.2, -0.15) is 18.2 Å². The van der Waals surface area contributed by atoms with Crippen LogP contribution in [0.3, 0.4) is 0 Å². The lowest BCUT2D eigenvalue weighted by Gasteiger charge is -2.14. The smallest absolute Gasteiger partial charge is 0.366 e. The molecule has 7 heteroatoms. The van der Waals surface area contributed by atoms with E-state index in [2.05, 4.69) is 20.6 Å². The molecule has 0 saturated carbocycles. The van der Waals surface area contributed by atoms with E-state index in [9.17, 15) is 13.2 Å². The normalized spacial score (nSPS) is 11.3. The molecular formula is C20H19F3N4. The molecule has 27 heavy (non-hydrogen) atoms. The van der Waals surface area contributed by atoms with Crippen molar-refractivity contribution in [3.63, 3.8) is 0 Å². The van der Waals surface area contributed by atoms with Crippen molar-refractivity contribution in [2.75, 3.05) is 10.6 Å². The number of alkyl halides is 3. The predicted octanol–water partition coefficient (Wildman–Crippen LogP) is 5.47. The Morgan fingerprint density at radius 1 is 0.926 bits per heavy atom. The minimum atomic E-state index is -4.46. The quantitative estimate of drug-likeness (QED) is 0.624. The van der Waals surface area contributed by atoms with E-state index in [1.807, 2.05) is 31.2 Å². The first-order valence-electron chi connectivity index (χ1n) is 8.39. The lowest BCUT2D eigenvalue weighted by Crippen LogP contribution is -2.10. The van der Waals surface area contributed by atoms with Gasteiger partial charge in [0, 0.05) is 18.3 Å². The zero-order chi connectivity index (χ0) is 19.4. The van der Waals surface area contributed by atoms with E-state index < -0.39 is 11.7 Å². The molecule has 1 aromatic heterocycles. The molecule has 0 saturated heterocycles. The zero-order valence-corrected chi connectivity index (χ0v) is 14.9. The van der Waals surface area contributed by atoms with Crippen molar-refractivity contribution in [2.24, 2.45) is 0 Å². The maximum atomic E-state index is 13.2. The van der Waals surface area contributed by atoms with Crippen LogP contribution in [0.4, 0.5) is 30.6 Å². The fraction of sp³-hybridized carbons (Fsp3) is 0.200. The highest BCUT2D eigenvalue weighted by atomic mass is 19.4. The second-order valence-corrected chi connectivity index (χ2v) is 6.23. The van der Waals surface area contributed by atoms with Crippen LogP contribution in [0.25, 0.3) is 0 Å². The van der Waals surface area contributed by atoms with E-state index in [0.29, 0.717) is 18.1 Å². The number of hydrogen-bond acceptors (Lipinski definition) is 4. The summed E-state index contributed by atoms with van der Waals surface area (Å²) in [6.07, 6.45) is -4.46. The van der Waals surface area contributed by atoms with Crippen LogP contribution in [0.5, 0.6) is 0 Å². The highest BCUT2D eigenvalue weighted by Crippen LogP contribution is 2.35. The monoisotopic (exact) mass is 372 g/mol. The largest absolute Gasteiger partial charge is 0.418 e. The average Bonchev–Trinajstić information content (AvgIpc) is 2.60. The number of hydrogen-bond donors (Lipinski definition) is 2. The average molecular weight is 372 g/mol. The summed E-state index contributed by atoms with van der Waals surface area (Å²) in [5.74, 6) is 0.646. The number of rotatable bonds is 5. The standard InChI is InChI=1S/C20H19F3N4/c1-13-7-9-15(10-8-13)12-24-18-11-14(2)25-19(27-18)26-17-6-4-3-5-16(17)20(21,22)23/h3-11H,12H2,1-2H3,(H2,24,25,26,27). The maximum Gasteiger partial charge on any atom is 0.418 e. The molecule has 140 valence electrons. The molecule has 0 unspecified atom stereocenters. The molecule has 0 aliphatic heterocycles. The fourth-order valence-electron chi connectivity index (χ4n) is 2.57. The molecule has 3 aromatic rings. The molecule has 0 bridgehead atoms. The summed E-state index contributed by atoms with van der Waals surface area (Å²) in [5, 5.41) is 5.86. The van der Waals surface area contributed by atoms with Crippen molar-refractivity contribution in [1.82, 2.24) is 9.97 Å². The molecule has 0 radical (unpaired) electrons. The first-order valence-corrected chi connectivity index (χ1v) is 8.39. The Morgan fingerprint density at radius 2 is 1.63 bits per heavy atom. The number of anilines is 3. The van der Waals surface area contributed by atoms with Crippen molar-refractivity contribution in [1.29, 1.82) is 0 Å². The minimum Gasteiger partial charge on any atom is -0.366 e. The van der Waals surface area contributed by atoms with Gasteiger partial charge in [-0.25, -0.2) is 4.98 Å². The van der Waals surface area contributed by atoms with Crippen LogP contribution in [0.2, 0.25) is 0 Å². The van der Waals surface area contributed by atoms with E-state index in [1.54, 1.807) is 13.0 Å². The van der Waals surface area contributed by atoms with E-state index in [-0.39, 0.29) is 11.6 Å². The first kappa shape index (κ1) is 18.7. The summed E-state index contributed by atoms with van der Waals surface area (Å²) >= 11 is 0. The highest BCUT2D eigenvalue weighted by molar-refractivity contribution is 5.60. The Balaban J connectivity index is 1.79. The summed E-state index contributed by atoms with van der Waals surface area (Å²) in [6.45, 7) is 4.33. The van der Waals surface area contributed by atoms with Crippen LogP contribution in [0.15, 0.2) is 54.6 Å². The van der Waals surface area contributed by atoms with Crippen molar-refractivity contribution < 1.29 is 13.2 Å². The van der Waals surface area contributed by atoms with Crippen molar-refractivity contribution in [3.05, 3.63) is 77.0 Å². The van der Waals surface area contributed by atoms with Crippen molar-refractivity contribution >= 4 is 17.5 Å². The molecule has 0 aliphatic rings. The number of aryl methyl sites for hydroxylation is 2. The second kappa shape index (κ2) is 7.65. The van der Waals surface area contributed by atoms with Gasteiger partial charge in [0.2, 0.25) is 5.95 Å². The van der Waals surface area contributed by atoms with E-state index in [4.69, 9.17) is 0 Å². The zero-order valence-electron chi connectivity index (χ0n) is 14.9. The Labute approximate surface area is 155 Å². The first-order chi connectivity index (χ1) is 12.8. The van der Waals surface area contributed by atoms with Crippen LogP contribution >= 0.6 is 0 Å². The third kappa shape index (κ3) is 4.97. The van der Waals surface area contributed by atoms with Crippen LogP contribution in [-0.2, 0) is 12.7 Å². The van der Waals surface area contributed by atoms with Crippen LogP contribution in [0.1, 0.15) is 22.4 Å².